The van der Waals surface area contributed by atoms with E-state index in [1.807, 2.05) is 0 Å². The van der Waals surface area contributed by atoms with Crippen molar-refractivity contribution in [2.75, 3.05) is 10.5 Å². The molecular weight excluding hydrogens is 336 g/mol. The molecule has 0 spiro atoms. The molecule has 6 nitrogen and oxygen atoms in total. The first-order valence-electron chi connectivity index (χ1n) is 4.33. The molecular formula is C8H8BrClN2O4S. The van der Waals surface area contributed by atoms with Crippen LogP contribution in [0.4, 0.5) is 5.69 Å². The minimum absolute atomic E-state index is 0.207. The molecule has 0 radical (unpaired) electrons. The van der Waals surface area contributed by atoms with Crippen molar-refractivity contribution in [3.05, 3.63) is 21.9 Å². The van der Waals surface area contributed by atoms with Crippen LogP contribution >= 0.6 is 27.5 Å². The van der Waals surface area contributed by atoms with Crippen LogP contribution in [-0.4, -0.2) is 30.2 Å². The van der Waals surface area contributed by atoms with Gasteiger partial charge in [-0.3, -0.25) is 9.52 Å². The highest BCUT2D eigenvalue weighted by Crippen LogP contribution is 2.23. The Kier molecular flexibility index (Phi) is 4.72. The Morgan fingerprint density at radius 2 is 2.24 bits per heavy atom. The molecule has 0 aromatic carbocycles. The van der Waals surface area contributed by atoms with Gasteiger partial charge in [-0.05, 0) is 22.0 Å². The van der Waals surface area contributed by atoms with Crippen molar-refractivity contribution in [1.82, 2.24) is 4.98 Å². The molecule has 0 aliphatic carbocycles. The Bertz CT molecular complexity index is 534. The SMILES string of the molecule is O=C(O)CCS(=O)(=O)Nc1cnc(Cl)c(Br)c1. The zero-order valence-electron chi connectivity index (χ0n) is 8.35. The zero-order valence-corrected chi connectivity index (χ0v) is 11.5. The monoisotopic (exact) mass is 342 g/mol. The number of carbonyl (C=O) groups is 1. The Hall–Kier alpha value is -0.860. The lowest BCUT2D eigenvalue weighted by molar-refractivity contribution is -0.136. The van der Waals surface area contributed by atoms with Gasteiger partial charge in [0.1, 0.15) is 5.15 Å². The minimum Gasteiger partial charge on any atom is -0.481 e. The highest BCUT2D eigenvalue weighted by Gasteiger charge is 2.13. The molecule has 1 aromatic heterocycles. The van der Waals surface area contributed by atoms with Gasteiger partial charge in [0.2, 0.25) is 10.0 Å². The number of carboxylic acids is 1. The lowest BCUT2D eigenvalue weighted by atomic mass is 10.4. The van der Waals surface area contributed by atoms with Gasteiger partial charge < -0.3 is 5.11 Å². The molecule has 1 aromatic rings. The second-order valence-electron chi connectivity index (χ2n) is 3.06. The van der Waals surface area contributed by atoms with Gasteiger partial charge in [-0.25, -0.2) is 13.4 Å². The lowest BCUT2D eigenvalue weighted by Gasteiger charge is -2.07. The van der Waals surface area contributed by atoms with Crippen LogP contribution in [0, 0.1) is 0 Å². The van der Waals surface area contributed by atoms with Crippen LogP contribution < -0.4 is 4.72 Å². The summed E-state index contributed by atoms with van der Waals surface area (Å²) in [6.45, 7) is 0. The fraction of sp³-hybridized carbons (Fsp3) is 0.250. The van der Waals surface area contributed by atoms with Crippen molar-refractivity contribution in [3.8, 4) is 0 Å². The van der Waals surface area contributed by atoms with E-state index in [0.29, 0.717) is 4.47 Å². The first-order chi connectivity index (χ1) is 7.80. The van der Waals surface area contributed by atoms with Crippen molar-refractivity contribution in [3.63, 3.8) is 0 Å². The molecule has 0 unspecified atom stereocenters. The van der Waals surface area contributed by atoms with E-state index < -0.39 is 28.2 Å². The number of nitrogens with one attached hydrogen (secondary N) is 1. The molecule has 0 atom stereocenters. The van der Waals surface area contributed by atoms with Crippen LogP contribution in [0.3, 0.4) is 0 Å². The summed E-state index contributed by atoms with van der Waals surface area (Å²) in [5.41, 5.74) is 0.215. The largest absolute Gasteiger partial charge is 0.481 e. The summed E-state index contributed by atoms with van der Waals surface area (Å²) in [5.74, 6) is -1.67. The smallest absolute Gasteiger partial charge is 0.304 e. The van der Waals surface area contributed by atoms with Gasteiger partial charge in [-0.15, -0.1) is 0 Å². The van der Waals surface area contributed by atoms with Crippen LogP contribution in [-0.2, 0) is 14.8 Å². The van der Waals surface area contributed by atoms with Crippen molar-refractivity contribution in [1.29, 1.82) is 0 Å². The van der Waals surface area contributed by atoms with E-state index in [4.69, 9.17) is 16.7 Å². The number of hydrogen-bond donors (Lipinski definition) is 2. The summed E-state index contributed by atoms with van der Waals surface area (Å²) in [5, 5.41) is 8.60. The summed E-state index contributed by atoms with van der Waals surface area (Å²) in [6, 6.07) is 1.44. The molecule has 0 fully saturated rings. The van der Waals surface area contributed by atoms with Gasteiger partial charge in [-0.1, -0.05) is 11.6 Å². The predicted molar refractivity (Wildman–Crippen MR) is 66.6 cm³/mol. The Balaban J connectivity index is 2.76. The van der Waals surface area contributed by atoms with E-state index >= 15 is 0 Å². The molecule has 1 rings (SSSR count). The number of anilines is 1. The molecule has 2 N–H and O–H groups in total. The molecule has 0 aliphatic heterocycles. The van der Waals surface area contributed by atoms with E-state index in [1.165, 1.54) is 12.3 Å². The van der Waals surface area contributed by atoms with Gasteiger partial charge in [0.25, 0.3) is 0 Å². The third kappa shape index (κ3) is 4.88. The van der Waals surface area contributed by atoms with Gasteiger partial charge >= 0.3 is 5.97 Å². The normalized spacial score (nSPS) is 11.2. The molecule has 0 bridgehead atoms. The van der Waals surface area contributed by atoms with Crippen molar-refractivity contribution >= 4 is 49.2 Å². The fourth-order valence-electron chi connectivity index (χ4n) is 0.929. The van der Waals surface area contributed by atoms with Crippen LogP contribution in [0.1, 0.15) is 6.42 Å². The highest BCUT2D eigenvalue weighted by molar-refractivity contribution is 9.10. The Morgan fingerprint density at radius 3 is 2.76 bits per heavy atom. The summed E-state index contributed by atoms with van der Waals surface area (Å²) in [4.78, 5) is 14.0. The average molecular weight is 344 g/mol. The first kappa shape index (κ1) is 14.2. The summed E-state index contributed by atoms with van der Waals surface area (Å²) in [6.07, 6.45) is 0.781. The van der Waals surface area contributed by atoms with Crippen LogP contribution in [0.15, 0.2) is 16.7 Å². The third-order valence-electron chi connectivity index (χ3n) is 1.65. The fourth-order valence-corrected chi connectivity index (χ4v) is 2.40. The van der Waals surface area contributed by atoms with Gasteiger partial charge in [0, 0.05) is 0 Å². The Morgan fingerprint density at radius 1 is 1.59 bits per heavy atom. The van der Waals surface area contributed by atoms with Gasteiger partial charge in [-0.2, -0.15) is 0 Å². The number of sulfonamides is 1. The van der Waals surface area contributed by atoms with Crippen LogP contribution in [0.2, 0.25) is 5.15 Å². The lowest BCUT2D eigenvalue weighted by Crippen LogP contribution is -2.19. The maximum absolute atomic E-state index is 11.5. The van der Waals surface area contributed by atoms with E-state index in [-0.39, 0.29) is 10.8 Å². The number of aromatic nitrogens is 1. The molecule has 0 aliphatic rings. The summed E-state index contributed by atoms with van der Waals surface area (Å²) >= 11 is 8.73. The molecule has 1 heterocycles. The van der Waals surface area contributed by atoms with Gasteiger partial charge in [0.15, 0.2) is 0 Å². The Labute approximate surface area is 111 Å². The number of rotatable bonds is 5. The third-order valence-corrected chi connectivity index (χ3v) is 4.08. The number of aliphatic carboxylic acids is 1. The maximum atomic E-state index is 11.5. The van der Waals surface area contributed by atoms with Crippen molar-refractivity contribution in [2.45, 2.75) is 6.42 Å². The zero-order chi connectivity index (χ0) is 13.1. The maximum Gasteiger partial charge on any atom is 0.304 e. The predicted octanol–water partition coefficient (Wildman–Crippen LogP) is 1.71. The van der Waals surface area contributed by atoms with Crippen molar-refractivity contribution < 1.29 is 18.3 Å². The van der Waals surface area contributed by atoms with Crippen molar-refractivity contribution in [2.24, 2.45) is 0 Å². The van der Waals surface area contributed by atoms with E-state index in [9.17, 15) is 13.2 Å². The number of pyridine rings is 1. The van der Waals surface area contributed by atoms with E-state index in [2.05, 4.69) is 25.6 Å². The molecule has 17 heavy (non-hydrogen) atoms. The topological polar surface area (TPSA) is 96.4 Å². The number of halogens is 2. The number of nitrogens with zero attached hydrogens (tertiary/aromatic N) is 1. The summed E-state index contributed by atoms with van der Waals surface area (Å²) in [7, 11) is -3.69. The minimum atomic E-state index is -3.69. The second-order valence-corrected chi connectivity index (χ2v) is 6.12. The highest BCUT2D eigenvalue weighted by atomic mass is 79.9. The van der Waals surface area contributed by atoms with Crippen LogP contribution in [0.5, 0.6) is 0 Å². The average Bonchev–Trinajstić information content (AvgIpc) is 2.21. The molecule has 0 saturated carbocycles. The molecule has 0 saturated heterocycles. The molecule has 9 heteroatoms. The van der Waals surface area contributed by atoms with E-state index in [1.54, 1.807) is 0 Å². The van der Waals surface area contributed by atoms with E-state index in [0.717, 1.165) is 0 Å². The number of carboxylic acid groups (broad SMARTS) is 1. The molecule has 94 valence electrons. The van der Waals surface area contributed by atoms with Gasteiger partial charge in [0.05, 0.1) is 28.5 Å². The standard InChI is InChI=1S/C8H8BrClN2O4S/c9-6-3-5(4-11-8(6)10)12-17(15,16)2-1-7(13)14/h3-4,12H,1-2H2,(H,13,14). The first-order valence-corrected chi connectivity index (χ1v) is 7.16. The quantitative estimate of drug-likeness (QED) is 0.793. The summed E-state index contributed by atoms with van der Waals surface area (Å²) < 4.78 is 25.5. The number of hydrogen-bond acceptors (Lipinski definition) is 4. The van der Waals surface area contributed by atoms with Crippen LogP contribution in [0.25, 0.3) is 0 Å². The molecule has 0 amide bonds. The second kappa shape index (κ2) is 5.65.